The molecule has 0 aliphatic heterocycles. The molecule has 4 nitrogen and oxygen atoms in total. The van der Waals surface area contributed by atoms with Gasteiger partial charge in [-0.2, -0.15) is 0 Å². The maximum absolute atomic E-state index is 5.87. The monoisotopic (exact) mass is 271 g/mol. The van der Waals surface area contributed by atoms with Gasteiger partial charge in [0.2, 0.25) is 5.88 Å². The highest BCUT2D eigenvalue weighted by Gasteiger charge is 2.06. The van der Waals surface area contributed by atoms with Gasteiger partial charge in [-0.25, -0.2) is 4.98 Å². The highest BCUT2D eigenvalue weighted by atomic mass is 16.5. The van der Waals surface area contributed by atoms with Crippen LogP contribution in [0, 0.1) is 6.92 Å². The van der Waals surface area contributed by atoms with Crippen LogP contribution in [-0.2, 0) is 13.0 Å². The van der Waals surface area contributed by atoms with Crippen molar-refractivity contribution in [3.63, 3.8) is 0 Å². The molecule has 0 aliphatic carbocycles. The first-order chi connectivity index (χ1) is 9.72. The van der Waals surface area contributed by atoms with Crippen LogP contribution in [-0.4, -0.2) is 16.5 Å². The van der Waals surface area contributed by atoms with E-state index in [4.69, 9.17) is 4.74 Å². The van der Waals surface area contributed by atoms with Crippen molar-refractivity contribution in [2.24, 2.45) is 0 Å². The summed E-state index contributed by atoms with van der Waals surface area (Å²) in [6.07, 6.45) is 2.65. The van der Waals surface area contributed by atoms with E-state index < -0.39 is 0 Å². The van der Waals surface area contributed by atoms with Crippen LogP contribution in [0.5, 0.6) is 11.6 Å². The molecule has 0 aromatic carbocycles. The fraction of sp³-hybridized carbons (Fsp3) is 0.375. The molecule has 1 N–H and O–H groups in total. The van der Waals surface area contributed by atoms with Crippen molar-refractivity contribution in [2.45, 2.75) is 33.7 Å². The first kappa shape index (κ1) is 14.5. The molecule has 2 aromatic heterocycles. The lowest BCUT2D eigenvalue weighted by Gasteiger charge is -2.10. The molecule has 2 rings (SSSR count). The maximum Gasteiger partial charge on any atom is 0.219 e. The van der Waals surface area contributed by atoms with Gasteiger partial charge in [-0.3, -0.25) is 4.98 Å². The van der Waals surface area contributed by atoms with E-state index in [9.17, 15) is 0 Å². The summed E-state index contributed by atoms with van der Waals surface area (Å²) in [5.41, 5.74) is 3.09. The van der Waals surface area contributed by atoms with Crippen LogP contribution in [0.15, 0.2) is 30.5 Å². The zero-order valence-corrected chi connectivity index (χ0v) is 12.3. The maximum atomic E-state index is 5.87. The summed E-state index contributed by atoms with van der Waals surface area (Å²) in [5.74, 6) is 1.39. The molecule has 0 amide bonds. The van der Waals surface area contributed by atoms with E-state index in [-0.39, 0.29) is 0 Å². The van der Waals surface area contributed by atoms with Crippen LogP contribution >= 0.6 is 0 Å². The summed E-state index contributed by atoms with van der Waals surface area (Å²) in [4.78, 5) is 8.74. The standard InChI is InChI=1S/C16H21N3O/c1-4-14-9-13(11-17-5-2)10-16(19-14)20-15-7-6-8-18-12(15)3/h6-10,17H,4-5,11H2,1-3H3. The average molecular weight is 271 g/mol. The summed E-state index contributed by atoms with van der Waals surface area (Å²) in [7, 11) is 0. The van der Waals surface area contributed by atoms with Gasteiger partial charge in [0.05, 0.1) is 5.69 Å². The fourth-order valence-corrected chi connectivity index (χ4v) is 1.92. The van der Waals surface area contributed by atoms with Gasteiger partial charge >= 0.3 is 0 Å². The Morgan fingerprint density at radius 3 is 2.80 bits per heavy atom. The van der Waals surface area contributed by atoms with E-state index >= 15 is 0 Å². The molecule has 20 heavy (non-hydrogen) atoms. The molecular formula is C16H21N3O. The van der Waals surface area contributed by atoms with Crippen molar-refractivity contribution < 1.29 is 4.74 Å². The van der Waals surface area contributed by atoms with Crippen molar-refractivity contribution >= 4 is 0 Å². The van der Waals surface area contributed by atoms with Gasteiger partial charge in [0, 0.05) is 24.5 Å². The number of rotatable bonds is 6. The molecule has 2 heterocycles. The number of nitrogens with zero attached hydrogens (tertiary/aromatic N) is 2. The molecule has 0 fully saturated rings. The van der Waals surface area contributed by atoms with Gasteiger partial charge in [-0.05, 0) is 43.7 Å². The Morgan fingerprint density at radius 2 is 2.10 bits per heavy atom. The number of nitrogens with one attached hydrogen (secondary N) is 1. The van der Waals surface area contributed by atoms with Crippen LogP contribution in [0.25, 0.3) is 0 Å². The topological polar surface area (TPSA) is 47.0 Å². The van der Waals surface area contributed by atoms with Gasteiger partial charge in [0.25, 0.3) is 0 Å². The molecule has 0 saturated carbocycles. The lowest BCUT2D eigenvalue weighted by atomic mass is 10.2. The third-order valence-electron chi connectivity index (χ3n) is 3.03. The quantitative estimate of drug-likeness (QED) is 0.876. The first-order valence-electron chi connectivity index (χ1n) is 7.03. The third-order valence-corrected chi connectivity index (χ3v) is 3.03. The summed E-state index contributed by atoms with van der Waals surface area (Å²) < 4.78 is 5.87. The molecule has 0 unspecified atom stereocenters. The zero-order valence-electron chi connectivity index (χ0n) is 12.3. The fourth-order valence-electron chi connectivity index (χ4n) is 1.92. The molecule has 0 radical (unpaired) electrons. The van der Waals surface area contributed by atoms with Gasteiger partial charge in [0.15, 0.2) is 5.75 Å². The van der Waals surface area contributed by atoms with Crippen molar-refractivity contribution in [1.82, 2.24) is 15.3 Å². The number of aryl methyl sites for hydroxylation is 2. The van der Waals surface area contributed by atoms with Gasteiger partial charge in [-0.15, -0.1) is 0 Å². The Labute approximate surface area is 120 Å². The number of hydrogen-bond acceptors (Lipinski definition) is 4. The Kier molecular flexibility index (Phi) is 5.07. The minimum absolute atomic E-state index is 0.633. The van der Waals surface area contributed by atoms with Crippen LogP contribution in [0.2, 0.25) is 0 Å². The Hall–Kier alpha value is -1.94. The van der Waals surface area contributed by atoms with Crippen molar-refractivity contribution in [3.05, 3.63) is 47.4 Å². The molecule has 0 atom stereocenters. The van der Waals surface area contributed by atoms with E-state index in [2.05, 4.69) is 35.2 Å². The van der Waals surface area contributed by atoms with Crippen LogP contribution < -0.4 is 10.1 Å². The van der Waals surface area contributed by atoms with Crippen molar-refractivity contribution in [2.75, 3.05) is 6.54 Å². The number of hydrogen-bond donors (Lipinski definition) is 1. The summed E-state index contributed by atoms with van der Waals surface area (Å²) >= 11 is 0. The van der Waals surface area contributed by atoms with Crippen LogP contribution in [0.4, 0.5) is 0 Å². The second kappa shape index (κ2) is 7.01. The first-order valence-corrected chi connectivity index (χ1v) is 7.03. The average Bonchev–Trinajstić information content (AvgIpc) is 2.47. The Bertz CT molecular complexity index is 569. The highest BCUT2D eigenvalue weighted by Crippen LogP contribution is 2.23. The van der Waals surface area contributed by atoms with Gasteiger partial charge in [-0.1, -0.05) is 13.8 Å². The Balaban J connectivity index is 2.24. The summed E-state index contributed by atoms with van der Waals surface area (Å²) in [6.45, 7) is 7.89. The van der Waals surface area contributed by atoms with E-state index in [0.29, 0.717) is 5.88 Å². The van der Waals surface area contributed by atoms with Gasteiger partial charge in [0.1, 0.15) is 0 Å². The number of aromatic nitrogens is 2. The summed E-state index contributed by atoms with van der Waals surface area (Å²) in [5, 5.41) is 3.32. The molecule has 0 aliphatic rings. The Morgan fingerprint density at radius 1 is 1.25 bits per heavy atom. The second-order valence-electron chi connectivity index (χ2n) is 4.63. The minimum Gasteiger partial charge on any atom is -0.437 e. The molecular weight excluding hydrogens is 250 g/mol. The normalized spacial score (nSPS) is 10.6. The second-order valence-corrected chi connectivity index (χ2v) is 4.63. The predicted octanol–water partition coefficient (Wildman–Crippen LogP) is 3.25. The largest absolute Gasteiger partial charge is 0.437 e. The van der Waals surface area contributed by atoms with Crippen molar-refractivity contribution in [1.29, 1.82) is 0 Å². The van der Waals surface area contributed by atoms with Crippen LogP contribution in [0.3, 0.4) is 0 Å². The zero-order chi connectivity index (χ0) is 14.4. The molecule has 2 aromatic rings. The lowest BCUT2D eigenvalue weighted by molar-refractivity contribution is 0.453. The third kappa shape index (κ3) is 3.78. The van der Waals surface area contributed by atoms with E-state index in [1.807, 2.05) is 25.1 Å². The number of pyridine rings is 2. The molecule has 0 spiro atoms. The predicted molar refractivity (Wildman–Crippen MR) is 80.0 cm³/mol. The van der Waals surface area contributed by atoms with E-state index in [1.165, 1.54) is 5.56 Å². The van der Waals surface area contributed by atoms with Gasteiger partial charge < -0.3 is 10.1 Å². The molecule has 0 saturated heterocycles. The lowest BCUT2D eigenvalue weighted by Crippen LogP contribution is -2.12. The van der Waals surface area contributed by atoms with Crippen LogP contribution in [0.1, 0.15) is 30.8 Å². The summed E-state index contributed by atoms with van der Waals surface area (Å²) in [6, 6.07) is 7.87. The molecule has 0 bridgehead atoms. The molecule has 4 heteroatoms. The van der Waals surface area contributed by atoms with E-state index in [0.717, 1.165) is 36.6 Å². The molecule has 106 valence electrons. The smallest absolute Gasteiger partial charge is 0.219 e. The highest BCUT2D eigenvalue weighted by molar-refractivity contribution is 5.32. The SMILES string of the molecule is CCNCc1cc(CC)nc(Oc2cccnc2C)c1. The number of ether oxygens (including phenoxy) is 1. The minimum atomic E-state index is 0.633. The van der Waals surface area contributed by atoms with E-state index in [1.54, 1.807) is 6.20 Å². The van der Waals surface area contributed by atoms with Crippen molar-refractivity contribution in [3.8, 4) is 11.6 Å².